The number of carbonyl (C=O) groups is 1. The van der Waals surface area contributed by atoms with Gasteiger partial charge in [-0.3, -0.25) is 0 Å². The highest BCUT2D eigenvalue weighted by Gasteiger charge is 2.15. The van der Waals surface area contributed by atoms with Crippen LogP contribution in [0, 0.1) is 0 Å². The van der Waals surface area contributed by atoms with Crippen molar-refractivity contribution in [2.75, 3.05) is 5.32 Å². The van der Waals surface area contributed by atoms with E-state index in [9.17, 15) is 4.79 Å². The molecule has 4 heterocycles. The maximum atomic E-state index is 11.1. The molecule has 4 aromatic rings. The number of nitrogens with zero attached hydrogens (tertiary/aromatic N) is 6. The molecule has 0 unspecified atom stereocenters. The molecule has 0 saturated carbocycles. The highest BCUT2D eigenvalue weighted by Crippen LogP contribution is 2.23. The van der Waals surface area contributed by atoms with Crippen LogP contribution in [0.1, 0.15) is 16.1 Å². The van der Waals surface area contributed by atoms with Gasteiger partial charge < -0.3 is 10.4 Å². The summed E-state index contributed by atoms with van der Waals surface area (Å²) in [5.41, 5.74) is 0.980. The Hall–Kier alpha value is -3.27. The molecular formula is C14H11N7O2S. The monoisotopic (exact) mass is 341 g/mol. The summed E-state index contributed by atoms with van der Waals surface area (Å²) >= 11 is 1.24. The van der Waals surface area contributed by atoms with Crippen molar-refractivity contribution in [3.05, 3.63) is 54.4 Å². The summed E-state index contributed by atoms with van der Waals surface area (Å²) in [5, 5.41) is 21.2. The summed E-state index contributed by atoms with van der Waals surface area (Å²) in [7, 11) is 0. The molecule has 0 atom stereocenters. The van der Waals surface area contributed by atoms with E-state index in [1.54, 1.807) is 17.1 Å². The van der Waals surface area contributed by atoms with E-state index < -0.39 is 5.97 Å². The second-order valence-corrected chi connectivity index (χ2v) is 5.86. The molecule has 9 nitrogen and oxygen atoms in total. The fraction of sp³-hybridized carbons (Fsp3) is 0.0714. The van der Waals surface area contributed by atoms with E-state index in [-0.39, 0.29) is 5.69 Å². The Labute approximate surface area is 139 Å². The summed E-state index contributed by atoms with van der Waals surface area (Å²) in [6.07, 6.45) is 6.67. The van der Waals surface area contributed by atoms with E-state index in [0.29, 0.717) is 16.5 Å². The predicted octanol–water partition coefficient (Wildman–Crippen LogP) is 1.68. The number of hydrogen-bond donors (Lipinski definition) is 2. The highest BCUT2D eigenvalue weighted by atomic mass is 32.1. The van der Waals surface area contributed by atoms with Gasteiger partial charge in [0.05, 0.1) is 0 Å². The van der Waals surface area contributed by atoms with E-state index in [1.165, 1.54) is 22.2 Å². The number of imidazole rings is 1. The molecule has 0 amide bonds. The van der Waals surface area contributed by atoms with Gasteiger partial charge in [-0.2, -0.15) is 5.10 Å². The third kappa shape index (κ3) is 2.58. The lowest BCUT2D eigenvalue weighted by molar-refractivity contribution is 0.0693. The second-order valence-electron chi connectivity index (χ2n) is 4.88. The maximum Gasteiger partial charge on any atom is 0.357 e. The number of hydrogen-bond acceptors (Lipinski definition) is 7. The van der Waals surface area contributed by atoms with Crippen LogP contribution in [0.5, 0.6) is 0 Å². The van der Waals surface area contributed by atoms with Crippen LogP contribution in [0.15, 0.2) is 43.1 Å². The van der Waals surface area contributed by atoms with Crippen LogP contribution in [-0.4, -0.2) is 40.4 Å². The number of aromatic carboxylic acids is 1. The van der Waals surface area contributed by atoms with Crippen LogP contribution in [0.2, 0.25) is 0 Å². The number of anilines is 1. The van der Waals surface area contributed by atoms with Crippen molar-refractivity contribution in [3.63, 3.8) is 0 Å². The van der Waals surface area contributed by atoms with E-state index in [1.807, 2.05) is 24.4 Å². The van der Waals surface area contributed by atoms with Crippen molar-refractivity contribution in [2.24, 2.45) is 0 Å². The van der Waals surface area contributed by atoms with E-state index in [4.69, 9.17) is 5.11 Å². The maximum absolute atomic E-state index is 11.1. The Morgan fingerprint density at radius 1 is 1.33 bits per heavy atom. The molecule has 0 bridgehead atoms. The topological polar surface area (TPSA) is 110 Å². The van der Waals surface area contributed by atoms with Crippen LogP contribution in [-0.2, 0) is 6.54 Å². The minimum Gasteiger partial charge on any atom is -0.476 e. The fourth-order valence-electron chi connectivity index (χ4n) is 2.16. The molecule has 0 aliphatic heterocycles. The summed E-state index contributed by atoms with van der Waals surface area (Å²) in [6, 6.07) is 5.66. The van der Waals surface area contributed by atoms with Gasteiger partial charge in [-0.05, 0) is 17.7 Å². The van der Waals surface area contributed by atoms with Gasteiger partial charge in [0, 0.05) is 25.1 Å². The van der Waals surface area contributed by atoms with Gasteiger partial charge >= 0.3 is 5.97 Å². The van der Waals surface area contributed by atoms with Gasteiger partial charge in [-0.15, -0.1) is 5.10 Å². The molecular weight excluding hydrogens is 330 g/mol. The van der Waals surface area contributed by atoms with Crippen molar-refractivity contribution >= 4 is 27.3 Å². The normalized spacial score (nSPS) is 11.0. The average Bonchev–Trinajstić information content (AvgIpc) is 3.29. The molecule has 2 N–H and O–H groups in total. The highest BCUT2D eigenvalue weighted by molar-refractivity contribution is 7.21. The van der Waals surface area contributed by atoms with Gasteiger partial charge in [0.15, 0.2) is 16.3 Å². The number of fused-ring (bicyclic) bond motifs is 1. The molecule has 120 valence electrons. The van der Waals surface area contributed by atoms with Crippen molar-refractivity contribution in [2.45, 2.75) is 6.54 Å². The van der Waals surface area contributed by atoms with E-state index >= 15 is 0 Å². The first-order valence-corrected chi connectivity index (χ1v) is 7.78. The molecule has 0 spiro atoms. The van der Waals surface area contributed by atoms with Crippen molar-refractivity contribution < 1.29 is 9.90 Å². The Morgan fingerprint density at radius 2 is 2.25 bits per heavy atom. The number of pyridine rings is 1. The molecule has 4 rings (SSSR count). The molecule has 0 fully saturated rings. The zero-order valence-electron chi connectivity index (χ0n) is 12.2. The van der Waals surface area contributed by atoms with Crippen LogP contribution in [0.3, 0.4) is 0 Å². The van der Waals surface area contributed by atoms with Crippen LogP contribution < -0.4 is 5.32 Å². The third-order valence-corrected chi connectivity index (χ3v) is 4.29. The molecule has 4 aromatic heterocycles. The van der Waals surface area contributed by atoms with Gasteiger partial charge in [-0.25, -0.2) is 24.0 Å². The summed E-state index contributed by atoms with van der Waals surface area (Å²) in [6.45, 7) is 0.527. The van der Waals surface area contributed by atoms with Gasteiger partial charge in [0.25, 0.3) is 0 Å². The smallest absolute Gasteiger partial charge is 0.357 e. The quantitative estimate of drug-likeness (QED) is 0.568. The van der Waals surface area contributed by atoms with Crippen LogP contribution >= 0.6 is 11.3 Å². The number of nitrogens with one attached hydrogen (secondary N) is 1. The van der Waals surface area contributed by atoms with Crippen molar-refractivity contribution in [1.29, 1.82) is 0 Å². The van der Waals surface area contributed by atoms with E-state index in [0.717, 1.165) is 11.4 Å². The number of carboxylic acids is 1. The first kappa shape index (κ1) is 14.3. The zero-order chi connectivity index (χ0) is 16.5. The van der Waals surface area contributed by atoms with Gasteiger partial charge in [-0.1, -0.05) is 17.4 Å². The predicted molar refractivity (Wildman–Crippen MR) is 86.5 cm³/mol. The largest absolute Gasteiger partial charge is 0.476 e. The summed E-state index contributed by atoms with van der Waals surface area (Å²) in [4.78, 5) is 19.7. The third-order valence-electron chi connectivity index (χ3n) is 3.29. The molecule has 0 aliphatic rings. The Balaban J connectivity index is 1.47. The number of aromatic nitrogens is 6. The van der Waals surface area contributed by atoms with Gasteiger partial charge in [0.1, 0.15) is 6.33 Å². The first-order valence-electron chi connectivity index (χ1n) is 6.97. The SMILES string of the molecule is O=C(O)c1ncn2nc(NCc3ccc(-n4cccn4)nc3)sc12. The Bertz CT molecular complexity index is 988. The molecule has 24 heavy (non-hydrogen) atoms. The number of rotatable bonds is 5. The minimum absolute atomic E-state index is 0.00536. The second kappa shape index (κ2) is 5.74. The van der Waals surface area contributed by atoms with Gasteiger partial charge in [0.2, 0.25) is 5.13 Å². The van der Waals surface area contributed by atoms with Crippen molar-refractivity contribution in [1.82, 2.24) is 29.4 Å². The fourth-order valence-corrected chi connectivity index (χ4v) is 3.04. The lowest BCUT2D eigenvalue weighted by Gasteiger charge is -2.04. The minimum atomic E-state index is -1.06. The summed E-state index contributed by atoms with van der Waals surface area (Å²) in [5.74, 6) is -0.324. The van der Waals surface area contributed by atoms with Crippen LogP contribution in [0.25, 0.3) is 10.6 Å². The Morgan fingerprint density at radius 3 is 2.96 bits per heavy atom. The Kier molecular flexibility index (Phi) is 3.43. The first-order chi connectivity index (χ1) is 11.7. The lowest BCUT2D eigenvalue weighted by atomic mass is 10.3. The molecule has 10 heteroatoms. The molecule has 0 aromatic carbocycles. The van der Waals surface area contributed by atoms with Crippen molar-refractivity contribution in [3.8, 4) is 5.82 Å². The van der Waals surface area contributed by atoms with Crippen LogP contribution in [0.4, 0.5) is 5.13 Å². The summed E-state index contributed by atoms with van der Waals surface area (Å²) < 4.78 is 3.14. The van der Waals surface area contributed by atoms with E-state index in [2.05, 4.69) is 25.5 Å². The standard InChI is InChI=1S/C14H11N7O2S/c22-13(23)11-12-21(8-17-11)19-14(24-12)16-7-9-2-3-10(15-6-9)20-5-1-4-18-20/h1-6,8H,7H2,(H,16,19)(H,22,23). The lowest BCUT2D eigenvalue weighted by Crippen LogP contribution is -2.02. The number of carboxylic acid groups (broad SMARTS) is 1. The molecule has 0 radical (unpaired) electrons. The molecule has 0 aliphatic carbocycles. The molecule has 0 saturated heterocycles. The zero-order valence-corrected chi connectivity index (χ0v) is 13.0. The average molecular weight is 341 g/mol.